The molecule has 33 heavy (non-hydrogen) atoms. The molecule has 180 valence electrons. The Bertz CT molecular complexity index is 941. The smallest absolute Gasteiger partial charge is 0.322 e. The normalized spacial score (nSPS) is 16.3. The van der Waals surface area contributed by atoms with Crippen molar-refractivity contribution < 1.29 is 14.3 Å². The van der Waals surface area contributed by atoms with Crippen LogP contribution in [0.2, 0.25) is 10.0 Å². The first-order valence-corrected chi connectivity index (χ1v) is 12.1. The maximum atomic E-state index is 13.3. The van der Waals surface area contributed by atoms with E-state index in [-0.39, 0.29) is 6.03 Å². The van der Waals surface area contributed by atoms with Gasteiger partial charge in [-0.15, -0.1) is 0 Å². The fourth-order valence-corrected chi connectivity index (χ4v) is 4.48. The molecule has 1 aliphatic heterocycles. The van der Waals surface area contributed by atoms with Crippen LogP contribution in [0.15, 0.2) is 36.4 Å². The number of methoxy groups -OCH3 is 2. The molecule has 2 aromatic carbocycles. The van der Waals surface area contributed by atoms with Crippen LogP contribution in [0, 0.1) is 0 Å². The average molecular weight is 494 g/mol. The number of carbonyl (C=O) groups excluding carboxylic acids is 1. The molecule has 2 aromatic rings. The lowest BCUT2D eigenvalue weighted by Crippen LogP contribution is -2.40. The van der Waals surface area contributed by atoms with Crippen LogP contribution >= 0.6 is 23.2 Å². The number of nitrogens with one attached hydrogen (secondary N) is 1. The van der Waals surface area contributed by atoms with Crippen molar-refractivity contribution in [2.75, 3.05) is 39.2 Å². The molecule has 1 unspecified atom stereocenters. The molecule has 0 radical (unpaired) electrons. The van der Waals surface area contributed by atoms with Crippen molar-refractivity contribution in [3.05, 3.63) is 52.0 Å². The number of halogens is 2. The zero-order valence-electron chi connectivity index (χ0n) is 19.6. The van der Waals surface area contributed by atoms with Crippen LogP contribution in [0.5, 0.6) is 11.5 Å². The van der Waals surface area contributed by atoms with Gasteiger partial charge in [-0.1, -0.05) is 35.7 Å². The Morgan fingerprint density at radius 1 is 1.12 bits per heavy atom. The molecule has 1 atom stereocenters. The van der Waals surface area contributed by atoms with E-state index in [1.807, 2.05) is 12.1 Å². The summed E-state index contributed by atoms with van der Waals surface area (Å²) in [4.78, 5) is 17.6. The predicted octanol–water partition coefficient (Wildman–Crippen LogP) is 6.31. The number of carbonyl (C=O) groups is 1. The number of hydrogen-bond acceptors (Lipinski definition) is 4. The Labute approximate surface area is 206 Å². The second-order valence-electron chi connectivity index (χ2n) is 8.40. The molecule has 1 saturated heterocycles. The number of benzene rings is 2. The first-order chi connectivity index (χ1) is 15.9. The third-order valence-electron chi connectivity index (χ3n) is 6.11. The molecule has 8 heteroatoms. The van der Waals surface area contributed by atoms with Crippen molar-refractivity contribution in [3.63, 3.8) is 0 Å². The third kappa shape index (κ3) is 7.16. The summed E-state index contributed by atoms with van der Waals surface area (Å²) in [6.07, 6.45) is 4.67. The second-order valence-corrected chi connectivity index (χ2v) is 9.22. The highest BCUT2D eigenvalue weighted by atomic mass is 35.5. The summed E-state index contributed by atoms with van der Waals surface area (Å²) in [6, 6.07) is 11.2. The number of amides is 2. The van der Waals surface area contributed by atoms with E-state index in [1.165, 1.54) is 19.3 Å². The molecule has 0 spiro atoms. The third-order valence-corrected chi connectivity index (χ3v) is 6.85. The van der Waals surface area contributed by atoms with Gasteiger partial charge in [0.05, 0.1) is 30.0 Å². The van der Waals surface area contributed by atoms with Gasteiger partial charge in [-0.2, -0.15) is 0 Å². The van der Waals surface area contributed by atoms with Crippen molar-refractivity contribution in [3.8, 4) is 11.5 Å². The molecule has 1 heterocycles. The number of ether oxygens (including phenoxy) is 2. The Morgan fingerprint density at radius 2 is 1.94 bits per heavy atom. The first kappa shape index (κ1) is 25.5. The quantitative estimate of drug-likeness (QED) is 0.444. The zero-order chi connectivity index (χ0) is 23.8. The van der Waals surface area contributed by atoms with Gasteiger partial charge in [-0.05, 0) is 62.6 Å². The summed E-state index contributed by atoms with van der Waals surface area (Å²) in [5, 5.41) is 3.97. The van der Waals surface area contributed by atoms with E-state index in [0.717, 1.165) is 25.1 Å². The molecule has 3 rings (SSSR count). The lowest BCUT2D eigenvalue weighted by Gasteiger charge is -2.34. The lowest BCUT2D eigenvalue weighted by molar-refractivity contribution is 0.150. The maximum absolute atomic E-state index is 13.3. The van der Waals surface area contributed by atoms with E-state index >= 15 is 0 Å². The van der Waals surface area contributed by atoms with Crippen molar-refractivity contribution in [2.24, 2.45) is 0 Å². The van der Waals surface area contributed by atoms with Crippen molar-refractivity contribution in [1.29, 1.82) is 0 Å². The van der Waals surface area contributed by atoms with Crippen LogP contribution in [0.3, 0.4) is 0 Å². The number of nitrogens with zero attached hydrogens (tertiary/aromatic N) is 2. The van der Waals surface area contributed by atoms with Crippen molar-refractivity contribution >= 4 is 34.9 Å². The number of rotatable bonds is 9. The SMILES string of the molecule is COc1ccc(NC(=O)N(CCCN2CCCCC2C)Cc2ccc(Cl)c(Cl)c2)c(OC)c1. The lowest BCUT2D eigenvalue weighted by atomic mass is 10.0. The summed E-state index contributed by atoms with van der Waals surface area (Å²) in [7, 11) is 3.16. The van der Waals surface area contributed by atoms with Gasteiger partial charge in [0.1, 0.15) is 11.5 Å². The Hall–Kier alpha value is -2.15. The Morgan fingerprint density at radius 3 is 2.64 bits per heavy atom. The predicted molar refractivity (Wildman–Crippen MR) is 135 cm³/mol. The van der Waals surface area contributed by atoms with Gasteiger partial charge in [0.15, 0.2) is 0 Å². The van der Waals surface area contributed by atoms with Gasteiger partial charge in [-0.25, -0.2) is 4.79 Å². The van der Waals surface area contributed by atoms with Crippen LogP contribution < -0.4 is 14.8 Å². The van der Waals surface area contributed by atoms with Crippen LogP contribution in [0.25, 0.3) is 0 Å². The van der Waals surface area contributed by atoms with E-state index in [2.05, 4.69) is 17.1 Å². The summed E-state index contributed by atoms with van der Waals surface area (Å²) in [6.45, 7) is 5.43. The van der Waals surface area contributed by atoms with Crippen LogP contribution in [0.1, 0.15) is 38.2 Å². The molecular formula is C25H33Cl2N3O3. The molecule has 6 nitrogen and oxygen atoms in total. The van der Waals surface area contributed by atoms with Crippen molar-refractivity contribution in [2.45, 2.75) is 45.2 Å². The summed E-state index contributed by atoms with van der Waals surface area (Å²) in [5.74, 6) is 1.20. The van der Waals surface area contributed by atoms with E-state index < -0.39 is 0 Å². The van der Waals surface area contributed by atoms with Gasteiger partial charge < -0.3 is 24.6 Å². The fourth-order valence-electron chi connectivity index (χ4n) is 4.16. The monoisotopic (exact) mass is 493 g/mol. The molecule has 1 aliphatic rings. The highest BCUT2D eigenvalue weighted by molar-refractivity contribution is 6.42. The van der Waals surface area contributed by atoms with Gasteiger partial charge in [0.25, 0.3) is 0 Å². The second kappa shape index (κ2) is 12.4. The molecular weight excluding hydrogens is 461 g/mol. The molecule has 0 aromatic heterocycles. The highest BCUT2D eigenvalue weighted by Gasteiger charge is 2.20. The zero-order valence-corrected chi connectivity index (χ0v) is 21.1. The summed E-state index contributed by atoms with van der Waals surface area (Å²) >= 11 is 12.3. The van der Waals surface area contributed by atoms with Gasteiger partial charge in [0.2, 0.25) is 0 Å². The van der Waals surface area contributed by atoms with Crippen LogP contribution in [-0.2, 0) is 6.54 Å². The highest BCUT2D eigenvalue weighted by Crippen LogP contribution is 2.30. The molecule has 1 N–H and O–H groups in total. The first-order valence-electron chi connectivity index (χ1n) is 11.4. The van der Waals surface area contributed by atoms with Crippen molar-refractivity contribution in [1.82, 2.24) is 9.80 Å². The largest absolute Gasteiger partial charge is 0.497 e. The molecule has 2 amide bonds. The average Bonchev–Trinajstić information content (AvgIpc) is 2.82. The molecule has 0 bridgehead atoms. The minimum absolute atomic E-state index is 0.198. The minimum atomic E-state index is -0.198. The maximum Gasteiger partial charge on any atom is 0.322 e. The van der Waals surface area contributed by atoms with E-state index in [0.29, 0.717) is 46.4 Å². The number of urea groups is 1. The van der Waals surface area contributed by atoms with Crippen LogP contribution in [-0.4, -0.2) is 55.7 Å². The topological polar surface area (TPSA) is 54.0 Å². The molecule has 0 aliphatic carbocycles. The Kier molecular flexibility index (Phi) is 9.53. The van der Waals surface area contributed by atoms with E-state index in [1.54, 1.807) is 43.4 Å². The van der Waals surface area contributed by atoms with E-state index in [4.69, 9.17) is 32.7 Å². The molecule has 1 fully saturated rings. The summed E-state index contributed by atoms with van der Waals surface area (Å²) < 4.78 is 10.7. The fraction of sp³-hybridized carbons (Fsp3) is 0.480. The van der Waals surface area contributed by atoms with Gasteiger partial charge >= 0.3 is 6.03 Å². The van der Waals surface area contributed by atoms with Gasteiger partial charge in [-0.3, -0.25) is 0 Å². The number of likely N-dealkylation sites (tertiary alicyclic amines) is 1. The number of piperidine rings is 1. The summed E-state index contributed by atoms with van der Waals surface area (Å²) in [5.41, 5.74) is 1.51. The number of anilines is 1. The number of hydrogen-bond donors (Lipinski definition) is 1. The van der Waals surface area contributed by atoms with Crippen LogP contribution in [0.4, 0.5) is 10.5 Å². The molecule has 0 saturated carbocycles. The minimum Gasteiger partial charge on any atom is -0.497 e. The Balaban J connectivity index is 1.72. The van der Waals surface area contributed by atoms with Gasteiger partial charge in [0, 0.05) is 31.7 Å². The standard InChI is InChI=1S/C25H33Cl2N3O3/c1-18-7-4-5-12-29(18)13-6-14-30(17-19-8-10-21(26)22(27)15-19)25(31)28-23-11-9-20(32-2)16-24(23)33-3/h8-11,15-16,18H,4-7,12-14,17H2,1-3H3,(H,28,31). The van der Waals surface area contributed by atoms with E-state index in [9.17, 15) is 4.79 Å².